The maximum Gasteiger partial charge on any atom is 0.217 e. The number of carbonyl (C=O) groups excluding carboxylic acids is 1. The van der Waals surface area contributed by atoms with E-state index in [0.717, 1.165) is 6.92 Å². The lowest BCUT2D eigenvalue weighted by Crippen LogP contribution is -2.58. The van der Waals surface area contributed by atoms with Gasteiger partial charge in [-0.1, -0.05) is 0 Å². The quantitative estimate of drug-likeness (QED) is 0.207. The molecule has 0 aromatic heterocycles. The normalized spacial score (nSPS) is 34.8. The van der Waals surface area contributed by atoms with Gasteiger partial charge in [0.15, 0.2) is 6.29 Å². The third-order valence-electron chi connectivity index (χ3n) is 3.98. The summed E-state index contributed by atoms with van der Waals surface area (Å²) in [5, 5.41) is 70.0. The lowest BCUT2D eigenvalue weighted by molar-refractivity contribution is -0.299. The molecule has 0 unspecified atom stereocenters. The Labute approximate surface area is 144 Å². The Morgan fingerprint density at radius 1 is 1.12 bits per heavy atom. The van der Waals surface area contributed by atoms with Crippen LogP contribution in [0.3, 0.4) is 0 Å². The molecule has 0 saturated carbocycles. The molecular formula is C14H27NO10. The van der Waals surface area contributed by atoms with E-state index in [1.54, 1.807) is 0 Å². The van der Waals surface area contributed by atoms with E-state index in [4.69, 9.17) is 14.6 Å². The summed E-state index contributed by atoms with van der Waals surface area (Å²) in [6.07, 6.45) is -11.7. The van der Waals surface area contributed by atoms with Crippen LogP contribution in [-0.2, 0) is 14.3 Å². The minimum Gasteiger partial charge on any atom is -0.394 e. The summed E-state index contributed by atoms with van der Waals surface area (Å²) in [4.78, 5) is 11.0. The van der Waals surface area contributed by atoms with E-state index < -0.39 is 74.2 Å². The minimum atomic E-state index is -1.78. The van der Waals surface area contributed by atoms with Crippen molar-refractivity contribution < 1.29 is 50.0 Å². The summed E-state index contributed by atoms with van der Waals surface area (Å²) in [6.45, 7) is 1.35. The van der Waals surface area contributed by atoms with Gasteiger partial charge in [0.25, 0.3) is 0 Å². The van der Waals surface area contributed by atoms with Crippen LogP contribution < -0.4 is 5.32 Å². The second-order valence-corrected chi connectivity index (χ2v) is 6.05. The van der Waals surface area contributed by atoms with Crippen molar-refractivity contribution in [2.45, 2.75) is 68.9 Å². The summed E-state index contributed by atoms with van der Waals surface area (Å²) in [6, 6.07) is -1.20. The van der Waals surface area contributed by atoms with Gasteiger partial charge in [0.1, 0.15) is 36.6 Å². The summed E-state index contributed by atoms with van der Waals surface area (Å²) < 4.78 is 10.3. The second-order valence-electron chi connectivity index (χ2n) is 6.05. The number of aliphatic hydroxyl groups excluding tert-OH is 7. The smallest absolute Gasteiger partial charge is 0.217 e. The maximum absolute atomic E-state index is 11.0. The molecule has 0 aromatic rings. The summed E-state index contributed by atoms with van der Waals surface area (Å²) in [5.74, 6) is -0.545. The standard InChI is InChI=1S/C14H27NO10/c1-5-9(19)12(22)13(23)14(25-5)24-4-8(18)11(21)10(20)7(3-16)15-6(2)17/h5,7-14,16,18-23H,3-4H2,1-2H3,(H,15,17)/t5-,7-,8+,9+,10+,11-,12+,13-,14-/m0/s1. The predicted octanol–water partition coefficient (Wildman–Crippen LogP) is -4.59. The molecule has 1 amide bonds. The Morgan fingerprint density at radius 3 is 2.24 bits per heavy atom. The SMILES string of the molecule is CC(=O)N[C@@H](CO)[C@@H](O)[C@@H](O)[C@H](O)CO[C@H]1O[C@@H](C)[C@@H](O)[C@@H](O)[C@@H]1O. The molecular weight excluding hydrogens is 342 g/mol. The number of hydrogen-bond acceptors (Lipinski definition) is 10. The average Bonchev–Trinajstić information content (AvgIpc) is 2.57. The Hall–Kier alpha value is -0.890. The van der Waals surface area contributed by atoms with Crippen molar-refractivity contribution in [2.75, 3.05) is 13.2 Å². The molecule has 0 bridgehead atoms. The van der Waals surface area contributed by atoms with Crippen molar-refractivity contribution in [1.29, 1.82) is 0 Å². The zero-order valence-corrected chi connectivity index (χ0v) is 14.0. The largest absolute Gasteiger partial charge is 0.394 e. The lowest BCUT2D eigenvalue weighted by Gasteiger charge is -2.39. The highest BCUT2D eigenvalue weighted by Crippen LogP contribution is 2.22. The molecule has 25 heavy (non-hydrogen) atoms. The van der Waals surface area contributed by atoms with Gasteiger partial charge in [-0.3, -0.25) is 4.79 Å². The van der Waals surface area contributed by atoms with Gasteiger partial charge in [-0.2, -0.15) is 0 Å². The van der Waals surface area contributed by atoms with Gasteiger partial charge in [0, 0.05) is 6.92 Å². The Kier molecular flexibility index (Phi) is 8.60. The number of amides is 1. The van der Waals surface area contributed by atoms with Crippen LogP contribution >= 0.6 is 0 Å². The molecule has 9 atom stereocenters. The zero-order chi connectivity index (χ0) is 19.3. The topological polar surface area (TPSA) is 189 Å². The first kappa shape index (κ1) is 22.2. The van der Waals surface area contributed by atoms with Gasteiger partial charge in [-0.05, 0) is 6.92 Å². The van der Waals surface area contributed by atoms with Crippen LogP contribution in [0.15, 0.2) is 0 Å². The van der Waals surface area contributed by atoms with Crippen molar-refractivity contribution in [3.63, 3.8) is 0 Å². The first-order valence-corrected chi connectivity index (χ1v) is 7.83. The van der Waals surface area contributed by atoms with E-state index in [2.05, 4.69) is 5.32 Å². The van der Waals surface area contributed by atoms with Crippen LogP contribution in [-0.4, -0.2) is 110 Å². The zero-order valence-electron chi connectivity index (χ0n) is 14.0. The minimum absolute atomic E-state index is 0.545. The van der Waals surface area contributed by atoms with E-state index in [1.807, 2.05) is 0 Å². The molecule has 0 spiro atoms. The summed E-state index contributed by atoms with van der Waals surface area (Å²) >= 11 is 0. The molecule has 0 aromatic carbocycles. The van der Waals surface area contributed by atoms with Crippen molar-refractivity contribution in [3.05, 3.63) is 0 Å². The molecule has 148 valence electrons. The molecule has 1 heterocycles. The highest BCUT2D eigenvalue weighted by atomic mass is 16.7. The van der Waals surface area contributed by atoms with Crippen LogP contribution in [0, 0.1) is 0 Å². The maximum atomic E-state index is 11.0. The van der Waals surface area contributed by atoms with Crippen LogP contribution in [0.2, 0.25) is 0 Å². The lowest BCUT2D eigenvalue weighted by atomic mass is 10.00. The second kappa shape index (κ2) is 9.71. The third-order valence-corrected chi connectivity index (χ3v) is 3.98. The fraction of sp³-hybridized carbons (Fsp3) is 0.929. The number of nitrogens with one attached hydrogen (secondary N) is 1. The molecule has 1 rings (SSSR count). The first-order valence-electron chi connectivity index (χ1n) is 7.83. The van der Waals surface area contributed by atoms with Crippen molar-refractivity contribution in [2.24, 2.45) is 0 Å². The molecule has 1 aliphatic rings. The van der Waals surface area contributed by atoms with E-state index in [9.17, 15) is 35.4 Å². The Bertz CT molecular complexity index is 424. The van der Waals surface area contributed by atoms with E-state index in [-0.39, 0.29) is 0 Å². The van der Waals surface area contributed by atoms with Crippen molar-refractivity contribution in [1.82, 2.24) is 5.32 Å². The fourth-order valence-corrected chi connectivity index (χ4v) is 2.41. The highest BCUT2D eigenvalue weighted by molar-refractivity contribution is 5.73. The first-order chi connectivity index (χ1) is 11.6. The molecule has 8 N–H and O–H groups in total. The van der Waals surface area contributed by atoms with Gasteiger partial charge in [-0.25, -0.2) is 0 Å². The van der Waals surface area contributed by atoms with Crippen LogP contribution in [0.5, 0.6) is 0 Å². The van der Waals surface area contributed by atoms with Gasteiger partial charge >= 0.3 is 0 Å². The molecule has 11 nitrogen and oxygen atoms in total. The summed E-state index contributed by atoms with van der Waals surface area (Å²) in [7, 11) is 0. The number of carbonyl (C=O) groups is 1. The number of hydrogen-bond donors (Lipinski definition) is 8. The van der Waals surface area contributed by atoms with Gasteiger partial charge in [0.05, 0.1) is 25.4 Å². The third kappa shape index (κ3) is 5.81. The fourth-order valence-electron chi connectivity index (χ4n) is 2.41. The van der Waals surface area contributed by atoms with Crippen LogP contribution in [0.1, 0.15) is 13.8 Å². The molecule has 1 fully saturated rings. The molecule has 11 heteroatoms. The predicted molar refractivity (Wildman–Crippen MR) is 81.0 cm³/mol. The molecule has 1 aliphatic heterocycles. The number of aliphatic hydroxyl groups is 7. The highest BCUT2D eigenvalue weighted by Gasteiger charge is 2.43. The number of ether oxygens (including phenoxy) is 2. The van der Waals surface area contributed by atoms with Crippen LogP contribution in [0.25, 0.3) is 0 Å². The van der Waals surface area contributed by atoms with Gasteiger partial charge in [-0.15, -0.1) is 0 Å². The average molecular weight is 369 g/mol. The Balaban J connectivity index is 2.57. The van der Waals surface area contributed by atoms with Gasteiger partial charge < -0.3 is 50.5 Å². The molecule has 0 aliphatic carbocycles. The van der Waals surface area contributed by atoms with E-state index in [1.165, 1.54) is 6.92 Å². The van der Waals surface area contributed by atoms with Gasteiger partial charge in [0.2, 0.25) is 5.91 Å². The molecule has 1 saturated heterocycles. The Morgan fingerprint density at radius 2 is 1.72 bits per heavy atom. The van der Waals surface area contributed by atoms with Crippen LogP contribution in [0.4, 0.5) is 0 Å². The monoisotopic (exact) mass is 369 g/mol. The van der Waals surface area contributed by atoms with Crippen molar-refractivity contribution >= 4 is 5.91 Å². The number of rotatable bonds is 8. The summed E-state index contributed by atoms with van der Waals surface area (Å²) in [5.41, 5.74) is 0. The molecule has 0 radical (unpaired) electrons. The van der Waals surface area contributed by atoms with E-state index in [0.29, 0.717) is 0 Å². The van der Waals surface area contributed by atoms with Crippen molar-refractivity contribution in [3.8, 4) is 0 Å². The van der Waals surface area contributed by atoms with E-state index >= 15 is 0 Å².